The third-order valence-electron chi connectivity index (χ3n) is 6.02. The summed E-state index contributed by atoms with van der Waals surface area (Å²) in [5, 5.41) is 3.06. The topological polar surface area (TPSA) is 49.4 Å². The lowest BCUT2D eigenvalue weighted by Crippen LogP contribution is -2.72. The van der Waals surface area contributed by atoms with Crippen LogP contribution in [0.3, 0.4) is 0 Å². The summed E-state index contributed by atoms with van der Waals surface area (Å²) in [5.41, 5.74) is -0.549. The lowest BCUT2D eigenvalue weighted by atomic mass is 9.81. The molecule has 0 aromatic heterocycles. The van der Waals surface area contributed by atoms with Crippen molar-refractivity contribution in [3.8, 4) is 0 Å². The third-order valence-corrected chi connectivity index (χ3v) is 6.02. The fraction of sp³-hybridized carbons (Fsp3) is 0.882. The third kappa shape index (κ3) is 2.18. The fourth-order valence-electron chi connectivity index (χ4n) is 4.43. The lowest BCUT2D eigenvalue weighted by molar-refractivity contribution is -0.160. The van der Waals surface area contributed by atoms with Crippen LogP contribution in [0.5, 0.6) is 0 Å². The molecule has 1 aliphatic heterocycles. The molecule has 0 aromatic carbocycles. The maximum Gasteiger partial charge on any atom is 0.249 e. The van der Waals surface area contributed by atoms with Gasteiger partial charge in [-0.2, -0.15) is 0 Å². The van der Waals surface area contributed by atoms with Crippen LogP contribution in [-0.2, 0) is 9.59 Å². The van der Waals surface area contributed by atoms with Gasteiger partial charge >= 0.3 is 0 Å². The quantitative estimate of drug-likeness (QED) is 0.868. The van der Waals surface area contributed by atoms with E-state index in [1.54, 1.807) is 0 Å². The number of nitrogens with one attached hydrogen (secondary N) is 1. The van der Waals surface area contributed by atoms with E-state index in [2.05, 4.69) is 19.2 Å². The van der Waals surface area contributed by atoms with Crippen LogP contribution in [-0.4, -0.2) is 34.3 Å². The first-order valence-electron chi connectivity index (χ1n) is 8.46. The molecule has 21 heavy (non-hydrogen) atoms. The van der Waals surface area contributed by atoms with Crippen LogP contribution < -0.4 is 5.32 Å². The monoisotopic (exact) mass is 292 g/mol. The molecule has 0 aromatic rings. The number of hydrogen-bond acceptors (Lipinski definition) is 2. The predicted octanol–water partition coefficient (Wildman–Crippen LogP) is 2.47. The van der Waals surface area contributed by atoms with Crippen molar-refractivity contribution in [2.45, 2.75) is 83.8 Å². The molecular weight excluding hydrogens is 264 g/mol. The molecule has 2 saturated carbocycles. The lowest BCUT2D eigenvalue weighted by Gasteiger charge is -2.50. The standard InChI is InChI=1S/C17H28N2O2/c1-5-12-14(20)18-17(4,11-8-9-11)15(21)19(12)13-7-6-10-16(13,2)3/h11-13H,5-10H2,1-4H3,(H,18,20). The molecule has 2 amide bonds. The smallest absolute Gasteiger partial charge is 0.249 e. The summed E-state index contributed by atoms with van der Waals surface area (Å²) >= 11 is 0. The highest BCUT2D eigenvalue weighted by molar-refractivity contribution is 6.00. The molecule has 3 aliphatic rings. The normalized spacial score (nSPS) is 39.5. The number of carbonyl (C=O) groups is 2. The Balaban J connectivity index is 1.97. The molecule has 3 atom stereocenters. The molecule has 1 heterocycles. The SMILES string of the molecule is CCC1C(=O)NC(C)(C2CC2)C(=O)N1C1CCCC1(C)C. The van der Waals surface area contributed by atoms with Crippen molar-refractivity contribution in [2.24, 2.45) is 11.3 Å². The van der Waals surface area contributed by atoms with Crippen LogP contribution in [0.4, 0.5) is 0 Å². The molecule has 4 nitrogen and oxygen atoms in total. The van der Waals surface area contributed by atoms with Gasteiger partial charge in [0, 0.05) is 6.04 Å². The Labute approximate surface area is 127 Å². The minimum Gasteiger partial charge on any atom is -0.340 e. The molecule has 0 radical (unpaired) electrons. The molecule has 3 fully saturated rings. The summed E-state index contributed by atoms with van der Waals surface area (Å²) in [7, 11) is 0. The molecule has 0 bridgehead atoms. The van der Waals surface area contributed by atoms with Crippen molar-refractivity contribution in [2.75, 3.05) is 0 Å². The minimum atomic E-state index is -0.665. The van der Waals surface area contributed by atoms with Gasteiger partial charge in [-0.25, -0.2) is 0 Å². The Hall–Kier alpha value is -1.06. The van der Waals surface area contributed by atoms with E-state index in [9.17, 15) is 9.59 Å². The van der Waals surface area contributed by atoms with Crippen LogP contribution in [0.25, 0.3) is 0 Å². The second kappa shape index (κ2) is 4.72. The van der Waals surface area contributed by atoms with E-state index in [0.29, 0.717) is 12.3 Å². The Bertz CT molecular complexity index is 469. The highest BCUT2D eigenvalue weighted by atomic mass is 16.2. The minimum absolute atomic E-state index is 0.0502. The van der Waals surface area contributed by atoms with Crippen LogP contribution >= 0.6 is 0 Å². The fourth-order valence-corrected chi connectivity index (χ4v) is 4.43. The van der Waals surface area contributed by atoms with Crippen molar-refractivity contribution >= 4 is 11.8 Å². The molecule has 2 aliphatic carbocycles. The predicted molar refractivity (Wildman–Crippen MR) is 81.6 cm³/mol. The summed E-state index contributed by atoms with van der Waals surface area (Å²) in [6.07, 6.45) is 6.13. The number of hydrogen-bond donors (Lipinski definition) is 1. The second-order valence-corrected chi connectivity index (χ2v) is 8.00. The van der Waals surface area contributed by atoms with Gasteiger partial charge in [-0.3, -0.25) is 9.59 Å². The van der Waals surface area contributed by atoms with Gasteiger partial charge in [0.15, 0.2) is 0 Å². The largest absolute Gasteiger partial charge is 0.340 e. The zero-order valence-electron chi connectivity index (χ0n) is 13.7. The van der Waals surface area contributed by atoms with Crippen LogP contribution in [0, 0.1) is 11.3 Å². The Morgan fingerprint density at radius 3 is 2.33 bits per heavy atom. The maximum atomic E-state index is 13.2. The summed E-state index contributed by atoms with van der Waals surface area (Å²) in [5.74, 6) is 0.546. The van der Waals surface area contributed by atoms with Gasteiger partial charge < -0.3 is 10.2 Å². The molecular formula is C17H28N2O2. The molecule has 4 heteroatoms. The first kappa shape index (κ1) is 14.9. The second-order valence-electron chi connectivity index (χ2n) is 8.00. The molecule has 1 N–H and O–H groups in total. The van der Waals surface area contributed by atoms with Crippen LogP contribution in [0.2, 0.25) is 0 Å². The van der Waals surface area contributed by atoms with Gasteiger partial charge in [0.05, 0.1) is 0 Å². The Morgan fingerprint density at radius 2 is 1.86 bits per heavy atom. The van der Waals surface area contributed by atoms with E-state index in [-0.39, 0.29) is 29.3 Å². The van der Waals surface area contributed by atoms with E-state index in [1.807, 2.05) is 18.7 Å². The van der Waals surface area contributed by atoms with E-state index < -0.39 is 5.54 Å². The van der Waals surface area contributed by atoms with E-state index in [4.69, 9.17) is 0 Å². The first-order chi connectivity index (χ1) is 9.81. The van der Waals surface area contributed by atoms with Gasteiger partial charge in [-0.15, -0.1) is 0 Å². The number of piperazine rings is 1. The maximum absolute atomic E-state index is 13.2. The molecule has 1 saturated heterocycles. The van der Waals surface area contributed by atoms with Crippen LogP contribution in [0.1, 0.15) is 66.2 Å². The number of nitrogens with zero attached hydrogens (tertiary/aromatic N) is 1. The molecule has 118 valence electrons. The average molecular weight is 292 g/mol. The van der Waals surface area contributed by atoms with Crippen molar-refractivity contribution in [3.05, 3.63) is 0 Å². The number of amides is 2. The first-order valence-corrected chi connectivity index (χ1v) is 8.46. The van der Waals surface area contributed by atoms with E-state index >= 15 is 0 Å². The zero-order chi connectivity index (χ0) is 15.4. The van der Waals surface area contributed by atoms with Gasteiger partial charge in [-0.1, -0.05) is 27.2 Å². The van der Waals surface area contributed by atoms with E-state index in [1.165, 1.54) is 0 Å². The van der Waals surface area contributed by atoms with Gasteiger partial charge in [0.1, 0.15) is 11.6 Å². The van der Waals surface area contributed by atoms with Gasteiger partial charge in [0.2, 0.25) is 11.8 Å². The highest BCUT2D eigenvalue weighted by Crippen LogP contribution is 2.47. The van der Waals surface area contributed by atoms with E-state index in [0.717, 1.165) is 32.1 Å². The van der Waals surface area contributed by atoms with Gasteiger partial charge in [-0.05, 0) is 50.4 Å². The Kier molecular flexibility index (Phi) is 3.34. The number of rotatable bonds is 3. The number of carbonyl (C=O) groups excluding carboxylic acids is 2. The molecule has 3 unspecified atom stereocenters. The zero-order valence-corrected chi connectivity index (χ0v) is 13.7. The van der Waals surface area contributed by atoms with Crippen LogP contribution in [0.15, 0.2) is 0 Å². The van der Waals surface area contributed by atoms with Crippen molar-refractivity contribution in [1.29, 1.82) is 0 Å². The average Bonchev–Trinajstić information content (AvgIpc) is 3.19. The molecule has 0 spiro atoms. The Morgan fingerprint density at radius 1 is 1.19 bits per heavy atom. The molecule has 3 rings (SSSR count). The van der Waals surface area contributed by atoms with Gasteiger partial charge in [0.25, 0.3) is 0 Å². The van der Waals surface area contributed by atoms with Crippen molar-refractivity contribution in [3.63, 3.8) is 0 Å². The summed E-state index contributed by atoms with van der Waals surface area (Å²) in [6.45, 7) is 8.43. The summed E-state index contributed by atoms with van der Waals surface area (Å²) < 4.78 is 0. The summed E-state index contributed by atoms with van der Waals surface area (Å²) in [4.78, 5) is 27.8. The van der Waals surface area contributed by atoms with Crippen molar-refractivity contribution in [1.82, 2.24) is 10.2 Å². The highest BCUT2D eigenvalue weighted by Gasteiger charge is 2.58. The summed E-state index contributed by atoms with van der Waals surface area (Å²) in [6, 6.07) is -0.0780. The van der Waals surface area contributed by atoms with Crippen molar-refractivity contribution < 1.29 is 9.59 Å².